The van der Waals surface area contributed by atoms with Gasteiger partial charge in [0.05, 0.1) is 12.7 Å². The molecule has 0 heterocycles. The highest BCUT2D eigenvalue weighted by atomic mass is 19.2. The average Bonchev–Trinajstić information content (AvgIpc) is 2.99. The third-order valence-corrected chi connectivity index (χ3v) is 6.81. The lowest BCUT2D eigenvalue weighted by atomic mass is 9.98. The first-order chi connectivity index (χ1) is 19.8. The van der Waals surface area contributed by atoms with Gasteiger partial charge in [0.25, 0.3) is 0 Å². The van der Waals surface area contributed by atoms with Gasteiger partial charge in [-0.25, -0.2) is 13.2 Å². The normalized spacial score (nSPS) is 12.0. The third kappa shape index (κ3) is 7.14. The minimum Gasteiger partial charge on any atom is -0.490 e. The van der Waals surface area contributed by atoms with Crippen LogP contribution in [-0.2, 0) is 0 Å². The molecule has 41 heavy (non-hydrogen) atoms. The predicted octanol–water partition coefficient (Wildman–Crippen LogP) is 9.93. The van der Waals surface area contributed by atoms with E-state index in [0.717, 1.165) is 18.4 Å². The minimum atomic E-state index is -1.05. The molecule has 0 amide bonds. The van der Waals surface area contributed by atoms with Gasteiger partial charge in [-0.2, -0.15) is 4.39 Å². The lowest BCUT2D eigenvalue weighted by Crippen LogP contribution is -2.01. The Kier molecular flexibility index (Phi) is 10.1. The lowest BCUT2D eigenvalue weighted by Gasteiger charge is -2.11. The van der Waals surface area contributed by atoms with E-state index in [0.29, 0.717) is 29.5 Å². The zero-order valence-corrected chi connectivity index (χ0v) is 22.8. The Morgan fingerprint density at radius 3 is 2.00 bits per heavy atom. The monoisotopic (exact) mass is 560 g/mol. The second kappa shape index (κ2) is 14.0. The standard InChI is InChI=1S/C35H32F4O2/c1-3-5-6-22-41-31-21-20-29(34(38)35(31)39)24-11-8-23(9-12-24)10-13-27-18-19-28(33(37)32(27)36)25-14-16-26(17-15-25)30(40)7-4-2/h3,8-21,30,40H,1,4-7,22H2,2H3/b13-10+. The fourth-order valence-corrected chi connectivity index (χ4v) is 4.48. The van der Waals surface area contributed by atoms with E-state index in [1.165, 1.54) is 30.3 Å². The Morgan fingerprint density at radius 1 is 0.756 bits per heavy atom. The molecule has 6 heteroatoms. The molecule has 2 nitrogen and oxygen atoms in total. The Hall–Kier alpha value is -4.16. The van der Waals surface area contributed by atoms with Gasteiger partial charge in [-0.15, -0.1) is 6.58 Å². The zero-order valence-electron chi connectivity index (χ0n) is 22.8. The molecule has 0 aliphatic carbocycles. The van der Waals surface area contributed by atoms with E-state index in [9.17, 15) is 22.7 Å². The number of rotatable bonds is 12. The van der Waals surface area contributed by atoms with E-state index >= 15 is 0 Å². The summed E-state index contributed by atoms with van der Waals surface area (Å²) in [5, 5.41) is 10.1. The number of hydrogen-bond acceptors (Lipinski definition) is 2. The van der Waals surface area contributed by atoms with E-state index in [1.807, 2.05) is 6.92 Å². The third-order valence-electron chi connectivity index (χ3n) is 6.81. The Balaban J connectivity index is 1.47. The second-order valence-electron chi connectivity index (χ2n) is 9.73. The van der Waals surface area contributed by atoms with Gasteiger partial charge in [0.15, 0.2) is 23.2 Å². The van der Waals surface area contributed by atoms with Crippen LogP contribution in [0.15, 0.2) is 85.5 Å². The van der Waals surface area contributed by atoms with Gasteiger partial charge in [0.2, 0.25) is 5.82 Å². The van der Waals surface area contributed by atoms with Crippen LogP contribution < -0.4 is 4.74 Å². The molecule has 0 aromatic heterocycles. The van der Waals surface area contributed by atoms with Crippen molar-refractivity contribution in [3.63, 3.8) is 0 Å². The van der Waals surface area contributed by atoms with Crippen molar-refractivity contribution < 1.29 is 27.4 Å². The summed E-state index contributed by atoms with van der Waals surface area (Å²) in [6.07, 6.45) is 7.05. The SMILES string of the molecule is C=CCCCOc1ccc(-c2ccc(/C=C/c3ccc(-c4ccc(C(O)CCC)cc4)c(F)c3F)cc2)c(F)c1F. The maximum absolute atomic E-state index is 15.0. The molecule has 0 aliphatic rings. The first-order valence-electron chi connectivity index (χ1n) is 13.6. The van der Waals surface area contributed by atoms with Crippen LogP contribution in [0, 0.1) is 23.3 Å². The number of unbranched alkanes of at least 4 members (excludes halogenated alkanes) is 1. The van der Waals surface area contributed by atoms with Crippen LogP contribution in [-0.4, -0.2) is 11.7 Å². The molecule has 4 aromatic carbocycles. The van der Waals surface area contributed by atoms with Crippen LogP contribution in [0.25, 0.3) is 34.4 Å². The van der Waals surface area contributed by atoms with Gasteiger partial charge < -0.3 is 9.84 Å². The topological polar surface area (TPSA) is 29.5 Å². The Morgan fingerprint density at radius 2 is 1.37 bits per heavy atom. The molecule has 0 spiro atoms. The quantitative estimate of drug-likeness (QED) is 0.0809. The van der Waals surface area contributed by atoms with E-state index in [4.69, 9.17) is 4.74 Å². The van der Waals surface area contributed by atoms with Crippen molar-refractivity contribution in [3.05, 3.63) is 125 Å². The van der Waals surface area contributed by atoms with Crippen molar-refractivity contribution in [1.82, 2.24) is 0 Å². The van der Waals surface area contributed by atoms with Gasteiger partial charge in [-0.1, -0.05) is 92.2 Å². The summed E-state index contributed by atoms with van der Waals surface area (Å²) in [5.74, 6) is -4.13. The van der Waals surface area contributed by atoms with Crippen LogP contribution >= 0.6 is 0 Å². The number of hydrogen-bond donors (Lipinski definition) is 1. The van der Waals surface area contributed by atoms with Gasteiger partial charge in [0, 0.05) is 16.7 Å². The Bertz CT molecular complexity index is 1510. The van der Waals surface area contributed by atoms with Crippen LogP contribution in [0.2, 0.25) is 0 Å². The highest BCUT2D eigenvalue weighted by molar-refractivity contribution is 5.74. The predicted molar refractivity (Wildman–Crippen MR) is 157 cm³/mol. The summed E-state index contributed by atoms with van der Waals surface area (Å²) in [7, 11) is 0. The van der Waals surface area contributed by atoms with Crippen LogP contribution in [0.5, 0.6) is 5.75 Å². The molecule has 0 saturated heterocycles. The minimum absolute atomic E-state index is 0.0714. The zero-order chi connectivity index (χ0) is 29.4. The first-order valence-corrected chi connectivity index (χ1v) is 13.6. The molecular weight excluding hydrogens is 528 g/mol. The molecule has 0 fully saturated rings. The smallest absolute Gasteiger partial charge is 0.201 e. The summed E-state index contributed by atoms with van der Waals surface area (Å²) in [6, 6.07) is 19.3. The fourth-order valence-electron chi connectivity index (χ4n) is 4.48. The van der Waals surface area contributed by atoms with Gasteiger partial charge in [0.1, 0.15) is 0 Å². The van der Waals surface area contributed by atoms with E-state index < -0.39 is 29.4 Å². The molecule has 4 aromatic rings. The van der Waals surface area contributed by atoms with Crippen LogP contribution in [0.4, 0.5) is 17.6 Å². The van der Waals surface area contributed by atoms with Crippen molar-refractivity contribution in [3.8, 4) is 28.0 Å². The summed E-state index contributed by atoms with van der Waals surface area (Å²) in [5.41, 5.74) is 2.67. The maximum atomic E-state index is 15.0. The van der Waals surface area contributed by atoms with Gasteiger partial charge in [-0.05, 0) is 53.6 Å². The summed E-state index contributed by atoms with van der Waals surface area (Å²) < 4.78 is 64.5. The summed E-state index contributed by atoms with van der Waals surface area (Å²) >= 11 is 0. The summed E-state index contributed by atoms with van der Waals surface area (Å²) in [4.78, 5) is 0. The molecule has 0 bridgehead atoms. The number of aliphatic hydroxyl groups is 1. The first kappa shape index (κ1) is 29.8. The van der Waals surface area contributed by atoms with Crippen LogP contribution in [0.1, 0.15) is 55.4 Å². The number of allylic oxidation sites excluding steroid dienone is 1. The Labute approximate surface area is 238 Å². The molecule has 0 aliphatic heterocycles. The largest absolute Gasteiger partial charge is 0.490 e. The molecule has 1 N–H and O–H groups in total. The van der Waals surface area contributed by atoms with Crippen molar-refractivity contribution in [2.45, 2.75) is 38.7 Å². The maximum Gasteiger partial charge on any atom is 0.201 e. The number of benzene rings is 4. The highest BCUT2D eigenvalue weighted by Crippen LogP contribution is 2.31. The molecule has 1 atom stereocenters. The van der Waals surface area contributed by atoms with Crippen molar-refractivity contribution in [2.75, 3.05) is 6.61 Å². The van der Waals surface area contributed by atoms with Crippen molar-refractivity contribution in [2.24, 2.45) is 0 Å². The van der Waals surface area contributed by atoms with E-state index in [-0.39, 0.29) is 29.0 Å². The van der Waals surface area contributed by atoms with Crippen LogP contribution in [0.3, 0.4) is 0 Å². The van der Waals surface area contributed by atoms with Crippen molar-refractivity contribution in [1.29, 1.82) is 0 Å². The van der Waals surface area contributed by atoms with E-state index in [2.05, 4.69) is 6.58 Å². The van der Waals surface area contributed by atoms with E-state index in [1.54, 1.807) is 60.7 Å². The lowest BCUT2D eigenvalue weighted by molar-refractivity contribution is 0.166. The second-order valence-corrected chi connectivity index (χ2v) is 9.73. The summed E-state index contributed by atoms with van der Waals surface area (Å²) in [6.45, 7) is 5.85. The average molecular weight is 561 g/mol. The number of ether oxygens (including phenoxy) is 1. The number of halogens is 4. The van der Waals surface area contributed by atoms with Crippen molar-refractivity contribution >= 4 is 12.2 Å². The molecular formula is C35H32F4O2. The molecule has 1 unspecified atom stereocenters. The highest BCUT2D eigenvalue weighted by Gasteiger charge is 2.17. The molecule has 0 saturated carbocycles. The van der Waals surface area contributed by atoms with Gasteiger partial charge >= 0.3 is 0 Å². The fraction of sp³-hybridized carbons (Fsp3) is 0.200. The molecule has 4 rings (SSSR count). The molecule has 212 valence electrons. The molecule has 0 radical (unpaired) electrons. The van der Waals surface area contributed by atoms with Gasteiger partial charge in [-0.3, -0.25) is 0 Å². The number of aliphatic hydroxyl groups excluding tert-OH is 1.